The number of aliphatic imine (C=N–C) groups is 1. The van der Waals surface area contributed by atoms with Crippen molar-refractivity contribution in [1.82, 2.24) is 0 Å². The molecule has 3 aromatic carbocycles. The molecular weight excluding hydrogens is 452 g/mol. The van der Waals surface area contributed by atoms with Crippen LogP contribution in [0.4, 0.5) is 0 Å². The average Bonchev–Trinajstić information content (AvgIpc) is 3.42. The van der Waals surface area contributed by atoms with E-state index in [2.05, 4.69) is 120 Å². The molecule has 1 aliphatic carbocycles. The van der Waals surface area contributed by atoms with Crippen molar-refractivity contribution in [3.05, 3.63) is 106 Å². The molecular formula is C34H38N2O. The monoisotopic (exact) mass is 490 g/mol. The van der Waals surface area contributed by atoms with E-state index < -0.39 is 5.41 Å². The van der Waals surface area contributed by atoms with Gasteiger partial charge in [-0.25, -0.2) is 4.99 Å². The fourth-order valence-corrected chi connectivity index (χ4v) is 5.62. The van der Waals surface area contributed by atoms with Gasteiger partial charge in [-0.1, -0.05) is 114 Å². The predicted molar refractivity (Wildman–Crippen MR) is 151 cm³/mol. The summed E-state index contributed by atoms with van der Waals surface area (Å²) in [6.45, 7) is 13.3. The molecule has 3 aromatic rings. The lowest BCUT2D eigenvalue weighted by atomic mass is 9.76. The Balaban J connectivity index is 1.51. The first kappa shape index (κ1) is 25.3. The van der Waals surface area contributed by atoms with Crippen molar-refractivity contribution in [2.75, 3.05) is 0 Å². The van der Waals surface area contributed by atoms with Crippen molar-refractivity contribution < 1.29 is 4.74 Å². The van der Waals surface area contributed by atoms with E-state index in [1.165, 1.54) is 22.3 Å². The molecule has 0 amide bonds. The SMILES string of the molecule is CC(C)(C)c1ccc(CC(C#N)(Cc2ccc(C(C)(C)C)cc2)C2=N[C@@H]3c4ccccc4C[C@@H]3O2)cc1. The first-order valence-corrected chi connectivity index (χ1v) is 13.4. The van der Waals surface area contributed by atoms with Crippen LogP contribution in [0.1, 0.15) is 81.0 Å². The molecule has 37 heavy (non-hydrogen) atoms. The maximum absolute atomic E-state index is 10.8. The van der Waals surface area contributed by atoms with Gasteiger partial charge in [0.15, 0.2) is 0 Å². The Morgan fingerprint density at radius 3 is 1.78 bits per heavy atom. The topological polar surface area (TPSA) is 45.4 Å². The van der Waals surface area contributed by atoms with Crippen LogP contribution in [-0.4, -0.2) is 12.0 Å². The van der Waals surface area contributed by atoms with Crippen LogP contribution in [0.3, 0.4) is 0 Å². The number of ether oxygens (including phenoxy) is 1. The van der Waals surface area contributed by atoms with E-state index in [0.717, 1.165) is 17.5 Å². The van der Waals surface area contributed by atoms with E-state index >= 15 is 0 Å². The van der Waals surface area contributed by atoms with E-state index in [0.29, 0.717) is 18.7 Å². The number of nitrogens with zero attached hydrogens (tertiary/aromatic N) is 2. The second-order valence-electron chi connectivity index (χ2n) is 12.9. The van der Waals surface area contributed by atoms with Crippen LogP contribution < -0.4 is 0 Å². The highest BCUT2D eigenvalue weighted by molar-refractivity contribution is 5.88. The Morgan fingerprint density at radius 2 is 1.30 bits per heavy atom. The highest BCUT2D eigenvalue weighted by Gasteiger charge is 2.47. The molecule has 2 aliphatic rings. The third kappa shape index (κ3) is 4.95. The van der Waals surface area contributed by atoms with Crippen molar-refractivity contribution in [2.24, 2.45) is 10.4 Å². The maximum atomic E-state index is 10.8. The summed E-state index contributed by atoms with van der Waals surface area (Å²) in [7, 11) is 0. The minimum atomic E-state index is -0.869. The summed E-state index contributed by atoms with van der Waals surface area (Å²) >= 11 is 0. The van der Waals surface area contributed by atoms with E-state index in [4.69, 9.17) is 9.73 Å². The van der Waals surface area contributed by atoms with Gasteiger partial charge in [-0.15, -0.1) is 0 Å². The predicted octanol–water partition coefficient (Wildman–Crippen LogP) is 7.67. The van der Waals surface area contributed by atoms with Crippen LogP contribution in [0.2, 0.25) is 0 Å². The number of hydrogen-bond acceptors (Lipinski definition) is 3. The second kappa shape index (κ2) is 9.18. The minimum absolute atomic E-state index is 0.0216. The molecule has 1 aliphatic heterocycles. The molecule has 2 atom stereocenters. The van der Waals surface area contributed by atoms with E-state index in [-0.39, 0.29) is 23.0 Å². The van der Waals surface area contributed by atoms with Crippen LogP contribution in [0.15, 0.2) is 77.8 Å². The average molecular weight is 491 g/mol. The minimum Gasteiger partial charge on any atom is -0.473 e. The van der Waals surface area contributed by atoms with Crippen LogP contribution in [-0.2, 0) is 34.8 Å². The summed E-state index contributed by atoms with van der Waals surface area (Å²) in [5.74, 6) is 0.597. The zero-order chi connectivity index (χ0) is 26.4. The lowest BCUT2D eigenvalue weighted by Gasteiger charge is -2.28. The van der Waals surface area contributed by atoms with Gasteiger partial charge in [-0.3, -0.25) is 0 Å². The largest absolute Gasteiger partial charge is 0.473 e. The molecule has 0 bridgehead atoms. The first-order valence-electron chi connectivity index (χ1n) is 13.4. The number of fused-ring (bicyclic) bond motifs is 3. The fraction of sp³-hybridized carbons (Fsp3) is 0.412. The molecule has 0 saturated carbocycles. The Bertz CT molecular complexity index is 1290. The van der Waals surface area contributed by atoms with Crippen LogP contribution >= 0.6 is 0 Å². The number of rotatable bonds is 5. The molecule has 0 unspecified atom stereocenters. The summed E-state index contributed by atoms with van der Waals surface area (Å²) in [6, 6.07) is 28.6. The second-order valence-corrected chi connectivity index (χ2v) is 12.9. The molecule has 3 nitrogen and oxygen atoms in total. The van der Waals surface area contributed by atoms with Crippen LogP contribution in [0, 0.1) is 16.7 Å². The highest BCUT2D eigenvalue weighted by Crippen LogP contribution is 2.44. The van der Waals surface area contributed by atoms with E-state index in [9.17, 15) is 5.26 Å². The van der Waals surface area contributed by atoms with Crippen molar-refractivity contribution in [2.45, 2.75) is 83.8 Å². The Labute approximate surface area is 222 Å². The van der Waals surface area contributed by atoms with Crippen molar-refractivity contribution in [3.8, 4) is 6.07 Å². The van der Waals surface area contributed by atoms with Crippen molar-refractivity contribution in [1.29, 1.82) is 5.26 Å². The summed E-state index contributed by atoms with van der Waals surface area (Å²) in [5, 5.41) is 10.8. The summed E-state index contributed by atoms with van der Waals surface area (Å²) in [5.41, 5.74) is 6.68. The van der Waals surface area contributed by atoms with Crippen molar-refractivity contribution >= 4 is 5.90 Å². The van der Waals surface area contributed by atoms with Crippen LogP contribution in [0.5, 0.6) is 0 Å². The number of hydrogen-bond donors (Lipinski definition) is 0. The van der Waals surface area contributed by atoms with Gasteiger partial charge in [-0.05, 0) is 44.2 Å². The van der Waals surface area contributed by atoms with E-state index in [1.807, 2.05) is 0 Å². The van der Waals surface area contributed by atoms with Crippen molar-refractivity contribution in [3.63, 3.8) is 0 Å². The normalized spacial score (nSPS) is 19.0. The van der Waals surface area contributed by atoms with Gasteiger partial charge in [-0.2, -0.15) is 5.26 Å². The van der Waals surface area contributed by atoms with Gasteiger partial charge >= 0.3 is 0 Å². The highest BCUT2D eigenvalue weighted by atomic mass is 16.5. The first-order chi connectivity index (χ1) is 17.5. The smallest absolute Gasteiger partial charge is 0.206 e. The molecule has 0 saturated heterocycles. The van der Waals surface area contributed by atoms with Gasteiger partial charge in [0.25, 0.3) is 0 Å². The third-order valence-electron chi connectivity index (χ3n) is 7.94. The molecule has 0 aromatic heterocycles. The van der Waals surface area contributed by atoms with Gasteiger partial charge in [0.05, 0.1) is 6.07 Å². The quantitative estimate of drug-likeness (QED) is 0.368. The summed E-state index contributed by atoms with van der Waals surface area (Å²) < 4.78 is 6.55. The maximum Gasteiger partial charge on any atom is 0.206 e. The lowest BCUT2D eigenvalue weighted by molar-refractivity contribution is 0.185. The summed E-state index contributed by atoms with van der Waals surface area (Å²) in [4.78, 5) is 5.11. The molecule has 1 heterocycles. The molecule has 0 radical (unpaired) electrons. The molecule has 5 rings (SSSR count). The third-order valence-corrected chi connectivity index (χ3v) is 7.94. The molecule has 0 fully saturated rings. The molecule has 0 N–H and O–H groups in total. The number of benzene rings is 3. The molecule has 0 spiro atoms. The van der Waals surface area contributed by atoms with E-state index in [1.54, 1.807) is 0 Å². The van der Waals surface area contributed by atoms with Gasteiger partial charge < -0.3 is 4.74 Å². The standard InChI is InChI=1S/C34H38N2O/c1-32(2,3)26-15-11-23(12-16-26)20-34(22-35,21-24-13-17-27(18-14-24)33(4,5)6)31-36-30-28-10-8-7-9-25(28)19-29(30)37-31/h7-18,29-30H,19-21H2,1-6H3/t29-,30+/m0/s1. The Hall–Kier alpha value is -3.38. The number of nitriles is 1. The zero-order valence-corrected chi connectivity index (χ0v) is 23.0. The van der Waals surface area contributed by atoms with Crippen LogP contribution in [0.25, 0.3) is 0 Å². The summed E-state index contributed by atoms with van der Waals surface area (Å²) in [6.07, 6.45) is 1.95. The molecule has 3 heteroatoms. The Kier molecular flexibility index (Phi) is 6.27. The van der Waals surface area contributed by atoms with Gasteiger partial charge in [0.1, 0.15) is 17.6 Å². The molecule has 190 valence electrons. The fourth-order valence-electron chi connectivity index (χ4n) is 5.62. The lowest BCUT2D eigenvalue weighted by Crippen LogP contribution is -2.36. The Morgan fingerprint density at radius 1 is 0.784 bits per heavy atom. The zero-order valence-electron chi connectivity index (χ0n) is 23.0. The van der Waals surface area contributed by atoms with Gasteiger partial charge in [0.2, 0.25) is 5.90 Å². The van der Waals surface area contributed by atoms with Gasteiger partial charge in [0, 0.05) is 19.3 Å².